The van der Waals surface area contributed by atoms with E-state index in [1.54, 1.807) is 0 Å². The van der Waals surface area contributed by atoms with E-state index in [4.69, 9.17) is 10.6 Å². The summed E-state index contributed by atoms with van der Waals surface area (Å²) in [4.78, 5) is 9.09. The fraction of sp³-hybridized carbons (Fsp3) is 0.714. The van der Waals surface area contributed by atoms with Gasteiger partial charge in [0.05, 0.1) is 11.8 Å². The number of aromatic nitrogens is 2. The predicted molar refractivity (Wildman–Crippen MR) is 75.8 cm³/mol. The number of ether oxygens (including phenoxy) is 1. The summed E-state index contributed by atoms with van der Waals surface area (Å²) >= 11 is 0. The van der Waals surface area contributed by atoms with E-state index < -0.39 is 0 Å². The van der Waals surface area contributed by atoms with Crippen molar-refractivity contribution in [2.45, 2.75) is 58.0 Å². The first-order valence-corrected chi connectivity index (χ1v) is 6.95. The van der Waals surface area contributed by atoms with Crippen LogP contribution in [0.25, 0.3) is 0 Å². The first-order valence-electron chi connectivity index (χ1n) is 6.95. The number of nitrogens with zero attached hydrogens (tertiary/aromatic N) is 2. The second-order valence-corrected chi connectivity index (χ2v) is 6.14. The second-order valence-electron chi connectivity index (χ2n) is 6.14. The number of hydrazine groups is 1. The first kappa shape index (κ1) is 14.2. The molecule has 1 unspecified atom stereocenters. The fourth-order valence-electron chi connectivity index (χ4n) is 2.22. The lowest BCUT2D eigenvalue weighted by Crippen LogP contribution is -2.24. The lowest BCUT2D eigenvalue weighted by Gasteiger charge is -2.23. The summed E-state index contributed by atoms with van der Waals surface area (Å²) in [5, 5.41) is 0. The van der Waals surface area contributed by atoms with Gasteiger partial charge in [-0.25, -0.2) is 15.8 Å². The van der Waals surface area contributed by atoms with Gasteiger partial charge in [-0.15, -0.1) is 0 Å². The second kappa shape index (κ2) is 5.84. The topological polar surface area (TPSA) is 73.1 Å². The molecule has 0 radical (unpaired) electrons. The van der Waals surface area contributed by atoms with Crippen LogP contribution in [-0.2, 0) is 16.6 Å². The molecule has 5 heteroatoms. The normalized spacial score (nSPS) is 20.3. The summed E-state index contributed by atoms with van der Waals surface area (Å²) in [5.74, 6) is 6.98. The van der Waals surface area contributed by atoms with Gasteiger partial charge in [0, 0.05) is 24.5 Å². The van der Waals surface area contributed by atoms with Crippen molar-refractivity contribution in [1.29, 1.82) is 0 Å². The number of nitrogen functional groups attached to an aromatic ring is 1. The van der Waals surface area contributed by atoms with E-state index in [9.17, 15) is 0 Å². The van der Waals surface area contributed by atoms with Gasteiger partial charge < -0.3 is 10.2 Å². The van der Waals surface area contributed by atoms with E-state index >= 15 is 0 Å². The Morgan fingerprint density at radius 1 is 1.37 bits per heavy atom. The molecular weight excluding hydrogens is 240 g/mol. The molecule has 19 heavy (non-hydrogen) atoms. The van der Waals surface area contributed by atoms with Crippen LogP contribution in [0.5, 0.6) is 0 Å². The molecule has 1 aliphatic heterocycles. The van der Waals surface area contributed by atoms with Gasteiger partial charge in [-0.05, 0) is 19.3 Å². The molecular formula is C14H24N4O. The van der Waals surface area contributed by atoms with Crippen molar-refractivity contribution in [2.75, 3.05) is 12.0 Å². The van der Waals surface area contributed by atoms with E-state index in [2.05, 4.69) is 36.2 Å². The highest BCUT2D eigenvalue weighted by atomic mass is 16.5. The predicted octanol–water partition coefficient (Wildman–Crippen LogP) is 2.17. The Labute approximate surface area is 114 Å². The van der Waals surface area contributed by atoms with Crippen molar-refractivity contribution in [3.05, 3.63) is 17.6 Å². The minimum absolute atomic E-state index is 0.0172. The minimum Gasteiger partial charge on any atom is -0.378 e. The maximum absolute atomic E-state index is 5.75. The van der Waals surface area contributed by atoms with Crippen LogP contribution in [0, 0.1) is 0 Å². The van der Waals surface area contributed by atoms with Crippen molar-refractivity contribution < 1.29 is 4.74 Å². The van der Waals surface area contributed by atoms with Gasteiger partial charge in [-0.1, -0.05) is 20.8 Å². The van der Waals surface area contributed by atoms with Gasteiger partial charge in [-0.2, -0.15) is 0 Å². The van der Waals surface area contributed by atoms with Gasteiger partial charge in [0.1, 0.15) is 11.6 Å². The fourth-order valence-corrected chi connectivity index (χ4v) is 2.22. The lowest BCUT2D eigenvalue weighted by atomic mass is 9.92. The largest absolute Gasteiger partial charge is 0.378 e. The number of hydrogen-bond donors (Lipinski definition) is 2. The maximum atomic E-state index is 5.75. The molecule has 1 aromatic heterocycles. The highest BCUT2D eigenvalue weighted by Crippen LogP contribution is 2.23. The molecule has 2 rings (SSSR count). The molecule has 0 bridgehead atoms. The third-order valence-electron chi connectivity index (χ3n) is 3.37. The van der Waals surface area contributed by atoms with Crippen LogP contribution in [0.2, 0.25) is 0 Å². The van der Waals surface area contributed by atoms with Crippen LogP contribution in [0.15, 0.2) is 6.07 Å². The van der Waals surface area contributed by atoms with Crippen molar-refractivity contribution in [3.63, 3.8) is 0 Å². The van der Waals surface area contributed by atoms with Gasteiger partial charge in [0.2, 0.25) is 0 Å². The van der Waals surface area contributed by atoms with E-state index in [1.165, 1.54) is 6.42 Å². The molecule has 1 saturated heterocycles. The Balaban J connectivity index is 2.19. The number of anilines is 1. The zero-order valence-electron chi connectivity index (χ0n) is 12.1. The van der Waals surface area contributed by atoms with Crippen LogP contribution in [-0.4, -0.2) is 22.7 Å². The third kappa shape index (κ3) is 3.88. The Morgan fingerprint density at radius 3 is 2.74 bits per heavy atom. The van der Waals surface area contributed by atoms with Gasteiger partial charge >= 0.3 is 0 Å². The average molecular weight is 264 g/mol. The van der Waals surface area contributed by atoms with E-state index in [-0.39, 0.29) is 11.5 Å². The molecule has 1 aromatic rings. The third-order valence-corrected chi connectivity index (χ3v) is 3.37. The van der Waals surface area contributed by atoms with Gasteiger partial charge in [0.25, 0.3) is 0 Å². The molecule has 0 amide bonds. The molecule has 1 atom stereocenters. The van der Waals surface area contributed by atoms with Crippen molar-refractivity contribution in [3.8, 4) is 0 Å². The number of hydrogen-bond acceptors (Lipinski definition) is 5. The standard InChI is InChI=1S/C14H24N4O/c1-14(2,3)11-9-13(18-15)17-12(16-11)8-10-6-4-5-7-19-10/h9-10H,4-8,15H2,1-3H3,(H,16,17,18). The summed E-state index contributed by atoms with van der Waals surface area (Å²) in [5.41, 5.74) is 3.61. The summed E-state index contributed by atoms with van der Waals surface area (Å²) in [6.45, 7) is 7.26. The molecule has 2 heterocycles. The molecule has 3 N–H and O–H groups in total. The number of nitrogens with one attached hydrogen (secondary N) is 1. The summed E-state index contributed by atoms with van der Waals surface area (Å²) in [6, 6.07) is 1.91. The molecule has 0 spiro atoms. The van der Waals surface area contributed by atoms with Crippen LogP contribution < -0.4 is 11.3 Å². The molecule has 0 aromatic carbocycles. The first-order chi connectivity index (χ1) is 8.99. The van der Waals surface area contributed by atoms with E-state index in [1.807, 2.05) is 6.07 Å². The Bertz CT molecular complexity index is 422. The van der Waals surface area contributed by atoms with Crippen LogP contribution >= 0.6 is 0 Å². The lowest BCUT2D eigenvalue weighted by molar-refractivity contribution is 0.0156. The van der Waals surface area contributed by atoms with Gasteiger partial charge in [0.15, 0.2) is 0 Å². The van der Waals surface area contributed by atoms with Crippen molar-refractivity contribution >= 4 is 5.82 Å². The van der Waals surface area contributed by atoms with E-state index in [0.717, 1.165) is 37.4 Å². The molecule has 1 aliphatic rings. The highest BCUT2D eigenvalue weighted by molar-refractivity contribution is 5.36. The Hall–Kier alpha value is -1.20. The quantitative estimate of drug-likeness (QED) is 0.646. The summed E-state index contributed by atoms with van der Waals surface area (Å²) in [7, 11) is 0. The summed E-state index contributed by atoms with van der Waals surface area (Å²) in [6.07, 6.45) is 4.49. The Kier molecular flexibility index (Phi) is 4.37. The van der Waals surface area contributed by atoms with Crippen LogP contribution in [0.4, 0.5) is 5.82 Å². The number of nitrogens with two attached hydrogens (primary N) is 1. The van der Waals surface area contributed by atoms with Crippen LogP contribution in [0.3, 0.4) is 0 Å². The number of rotatable bonds is 3. The molecule has 1 fully saturated rings. The SMILES string of the molecule is CC(C)(C)c1cc(NN)nc(CC2CCCCO2)n1. The minimum atomic E-state index is -0.0172. The molecule has 106 valence electrons. The van der Waals surface area contributed by atoms with Crippen molar-refractivity contribution in [2.24, 2.45) is 5.84 Å². The monoisotopic (exact) mass is 264 g/mol. The van der Waals surface area contributed by atoms with E-state index in [0.29, 0.717) is 5.82 Å². The average Bonchev–Trinajstić information content (AvgIpc) is 2.38. The Morgan fingerprint density at radius 2 is 2.16 bits per heavy atom. The zero-order valence-corrected chi connectivity index (χ0v) is 12.1. The smallest absolute Gasteiger partial charge is 0.143 e. The zero-order chi connectivity index (χ0) is 13.9. The van der Waals surface area contributed by atoms with Gasteiger partial charge in [-0.3, -0.25) is 0 Å². The molecule has 5 nitrogen and oxygen atoms in total. The van der Waals surface area contributed by atoms with Crippen molar-refractivity contribution in [1.82, 2.24) is 9.97 Å². The van der Waals surface area contributed by atoms with Crippen LogP contribution in [0.1, 0.15) is 51.6 Å². The maximum Gasteiger partial charge on any atom is 0.143 e. The molecule has 0 saturated carbocycles. The summed E-state index contributed by atoms with van der Waals surface area (Å²) < 4.78 is 5.75. The molecule has 0 aliphatic carbocycles. The highest BCUT2D eigenvalue weighted by Gasteiger charge is 2.20.